The lowest BCUT2D eigenvalue weighted by Gasteiger charge is -2.33. The Morgan fingerprint density at radius 1 is 1.44 bits per heavy atom. The highest BCUT2D eigenvalue weighted by Gasteiger charge is 2.25. The Labute approximate surface area is 121 Å². The van der Waals surface area contributed by atoms with Crippen LogP contribution in [0.2, 0.25) is 0 Å². The van der Waals surface area contributed by atoms with E-state index in [4.69, 9.17) is 0 Å². The summed E-state index contributed by atoms with van der Waals surface area (Å²) in [6.07, 6.45) is 0.552. The van der Waals surface area contributed by atoms with Gasteiger partial charge < -0.3 is 5.11 Å². The van der Waals surface area contributed by atoms with E-state index in [-0.39, 0.29) is 17.8 Å². The Kier molecular flexibility index (Phi) is 4.75. The molecule has 0 saturated carbocycles. The van der Waals surface area contributed by atoms with Crippen molar-refractivity contribution in [2.24, 2.45) is 5.92 Å². The van der Waals surface area contributed by atoms with Gasteiger partial charge in [0.05, 0.1) is 12.6 Å². The third kappa shape index (κ3) is 3.52. The highest BCUT2D eigenvalue weighted by atomic mass is 127. The molecule has 1 aromatic rings. The van der Waals surface area contributed by atoms with Gasteiger partial charge in [0.2, 0.25) is 0 Å². The number of carbonyl (C=O) groups excluding carboxylic acids is 1. The van der Waals surface area contributed by atoms with Crippen LogP contribution < -0.4 is 0 Å². The van der Waals surface area contributed by atoms with Crippen LogP contribution in [0.3, 0.4) is 0 Å². The van der Waals surface area contributed by atoms with Gasteiger partial charge in [-0.05, 0) is 47.1 Å². The molecule has 1 aromatic carbocycles. The molecule has 1 aliphatic rings. The van der Waals surface area contributed by atoms with Gasteiger partial charge in [0, 0.05) is 22.2 Å². The van der Waals surface area contributed by atoms with Crippen LogP contribution in [-0.4, -0.2) is 41.5 Å². The molecule has 0 radical (unpaired) electrons. The van der Waals surface area contributed by atoms with E-state index in [1.807, 2.05) is 31.2 Å². The molecule has 0 spiro atoms. The Morgan fingerprint density at radius 3 is 2.72 bits per heavy atom. The predicted octanol–water partition coefficient (Wildman–Crippen LogP) is 2.18. The third-order valence-electron chi connectivity index (χ3n) is 3.48. The molecule has 1 saturated heterocycles. The van der Waals surface area contributed by atoms with Crippen molar-refractivity contribution in [1.82, 2.24) is 4.90 Å². The van der Waals surface area contributed by atoms with Crippen LogP contribution in [0.15, 0.2) is 24.3 Å². The zero-order chi connectivity index (χ0) is 13.1. The first-order chi connectivity index (χ1) is 8.56. The Hall–Kier alpha value is -0.460. The molecule has 98 valence electrons. The largest absolute Gasteiger partial charge is 0.393 e. The molecule has 1 fully saturated rings. The average Bonchev–Trinajstić information content (AvgIpc) is 2.34. The standard InChI is InChI=1S/C14H18INO2/c1-10-8-16(7-6-13(10)17)9-14(18)11-2-4-12(15)5-3-11/h2-5,10,13,17H,6-9H2,1H3. The predicted molar refractivity (Wildman–Crippen MR) is 79.7 cm³/mol. The SMILES string of the molecule is CC1CN(CC(=O)c2ccc(I)cc2)CCC1O. The molecule has 2 unspecified atom stereocenters. The minimum absolute atomic E-state index is 0.162. The van der Waals surface area contributed by atoms with Crippen LogP contribution in [0.4, 0.5) is 0 Å². The number of carbonyl (C=O) groups is 1. The zero-order valence-corrected chi connectivity index (χ0v) is 12.6. The van der Waals surface area contributed by atoms with Crippen molar-refractivity contribution in [1.29, 1.82) is 0 Å². The van der Waals surface area contributed by atoms with Crippen LogP contribution in [0, 0.1) is 9.49 Å². The van der Waals surface area contributed by atoms with Gasteiger partial charge in [0.25, 0.3) is 0 Å². The first-order valence-corrected chi connectivity index (χ1v) is 7.33. The smallest absolute Gasteiger partial charge is 0.176 e. The second kappa shape index (κ2) is 6.12. The van der Waals surface area contributed by atoms with Crippen LogP contribution >= 0.6 is 22.6 Å². The summed E-state index contributed by atoms with van der Waals surface area (Å²) in [5.41, 5.74) is 0.772. The fraction of sp³-hybridized carbons (Fsp3) is 0.500. The topological polar surface area (TPSA) is 40.5 Å². The first kappa shape index (κ1) is 14.0. The van der Waals surface area contributed by atoms with Crippen molar-refractivity contribution in [3.05, 3.63) is 33.4 Å². The molecule has 0 amide bonds. The lowest BCUT2D eigenvalue weighted by Crippen LogP contribution is -2.44. The normalized spacial score (nSPS) is 25.1. The van der Waals surface area contributed by atoms with Gasteiger partial charge in [-0.15, -0.1) is 0 Å². The van der Waals surface area contributed by atoms with E-state index in [0.29, 0.717) is 6.54 Å². The zero-order valence-electron chi connectivity index (χ0n) is 10.5. The molecule has 18 heavy (non-hydrogen) atoms. The number of benzene rings is 1. The summed E-state index contributed by atoms with van der Waals surface area (Å²) < 4.78 is 1.14. The average molecular weight is 359 g/mol. The number of likely N-dealkylation sites (tertiary alicyclic amines) is 1. The van der Waals surface area contributed by atoms with E-state index in [0.717, 1.165) is 28.6 Å². The second-order valence-electron chi connectivity index (χ2n) is 5.00. The highest BCUT2D eigenvalue weighted by molar-refractivity contribution is 14.1. The lowest BCUT2D eigenvalue weighted by molar-refractivity contribution is 0.0344. The van der Waals surface area contributed by atoms with Gasteiger partial charge in [-0.2, -0.15) is 0 Å². The van der Waals surface area contributed by atoms with E-state index < -0.39 is 0 Å². The third-order valence-corrected chi connectivity index (χ3v) is 4.20. The molecule has 2 atom stereocenters. The maximum atomic E-state index is 12.1. The van der Waals surface area contributed by atoms with Gasteiger partial charge >= 0.3 is 0 Å². The number of ketones is 1. The van der Waals surface area contributed by atoms with Gasteiger partial charge in [0.1, 0.15) is 0 Å². The number of nitrogens with zero attached hydrogens (tertiary/aromatic N) is 1. The Bertz CT molecular complexity index is 418. The van der Waals surface area contributed by atoms with Crippen molar-refractivity contribution in [2.45, 2.75) is 19.4 Å². The summed E-state index contributed by atoms with van der Waals surface area (Å²) in [5.74, 6) is 0.415. The minimum atomic E-state index is -0.213. The number of rotatable bonds is 3. The van der Waals surface area contributed by atoms with Gasteiger partial charge in [-0.3, -0.25) is 9.69 Å². The number of aliphatic hydroxyl groups excluding tert-OH is 1. The summed E-state index contributed by atoms with van der Waals surface area (Å²) in [6, 6.07) is 7.67. The number of hydrogen-bond acceptors (Lipinski definition) is 3. The minimum Gasteiger partial charge on any atom is -0.393 e. The van der Waals surface area contributed by atoms with E-state index in [1.54, 1.807) is 0 Å². The van der Waals surface area contributed by atoms with Gasteiger partial charge in [0.15, 0.2) is 5.78 Å². The van der Waals surface area contributed by atoms with Crippen molar-refractivity contribution in [2.75, 3.05) is 19.6 Å². The lowest BCUT2D eigenvalue weighted by atomic mass is 9.96. The van der Waals surface area contributed by atoms with Crippen molar-refractivity contribution < 1.29 is 9.90 Å². The van der Waals surface area contributed by atoms with Crippen molar-refractivity contribution in [3.63, 3.8) is 0 Å². The van der Waals surface area contributed by atoms with Crippen LogP contribution in [0.5, 0.6) is 0 Å². The summed E-state index contributed by atoms with van der Waals surface area (Å²) in [7, 11) is 0. The second-order valence-corrected chi connectivity index (χ2v) is 6.24. The summed E-state index contributed by atoms with van der Waals surface area (Å²) in [6.45, 7) is 4.10. The maximum absolute atomic E-state index is 12.1. The van der Waals surface area contributed by atoms with Gasteiger partial charge in [-0.25, -0.2) is 0 Å². The molecule has 1 N–H and O–H groups in total. The summed E-state index contributed by atoms with van der Waals surface area (Å²) >= 11 is 2.23. The highest BCUT2D eigenvalue weighted by Crippen LogP contribution is 2.17. The number of hydrogen-bond donors (Lipinski definition) is 1. The van der Waals surface area contributed by atoms with E-state index in [1.165, 1.54) is 0 Å². The Morgan fingerprint density at radius 2 is 2.11 bits per heavy atom. The van der Waals surface area contributed by atoms with Crippen molar-refractivity contribution in [3.8, 4) is 0 Å². The number of piperidine rings is 1. The molecule has 1 aliphatic heterocycles. The fourth-order valence-corrected chi connectivity index (χ4v) is 2.65. The molecule has 1 heterocycles. The van der Waals surface area contributed by atoms with Crippen LogP contribution in [0.25, 0.3) is 0 Å². The molecule has 2 rings (SSSR count). The van der Waals surface area contributed by atoms with E-state index >= 15 is 0 Å². The molecular formula is C14H18INO2. The molecule has 4 heteroatoms. The molecular weight excluding hydrogens is 341 g/mol. The first-order valence-electron chi connectivity index (χ1n) is 6.25. The number of aliphatic hydroxyl groups is 1. The maximum Gasteiger partial charge on any atom is 0.176 e. The summed E-state index contributed by atoms with van der Waals surface area (Å²) in [4.78, 5) is 14.2. The van der Waals surface area contributed by atoms with Gasteiger partial charge in [-0.1, -0.05) is 19.1 Å². The van der Waals surface area contributed by atoms with Crippen molar-refractivity contribution >= 4 is 28.4 Å². The molecule has 0 aromatic heterocycles. The quantitative estimate of drug-likeness (QED) is 0.665. The van der Waals surface area contributed by atoms with E-state index in [2.05, 4.69) is 27.5 Å². The Balaban J connectivity index is 1.93. The monoisotopic (exact) mass is 359 g/mol. The summed E-state index contributed by atoms with van der Waals surface area (Å²) in [5, 5.41) is 9.66. The molecule has 0 bridgehead atoms. The molecule has 3 nitrogen and oxygen atoms in total. The van der Waals surface area contributed by atoms with Crippen LogP contribution in [-0.2, 0) is 0 Å². The number of Topliss-reactive ketones (excluding diaryl/α,β-unsaturated/α-hetero) is 1. The van der Waals surface area contributed by atoms with E-state index in [9.17, 15) is 9.90 Å². The fourth-order valence-electron chi connectivity index (χ4n) is 2.29. The molecule has 0 aliphatic carbocycles. The number of halogens is 1. The van der Waals surface area contributed by atoms with Crippen LogP contribution in [0.1, 0.15) is 23.7 Å².